The molecule has 0 spiro atoms. The number of hydrogen-bond acceptors (Lipinski definition) is 3. The molecule has 0 heterocycles. The molecule has 1 atom stereocenters. The Hall–Kier alpha value is -2.20. The van der Waals surface area contributed by atoms with Crippen LogP contribution >= 0.6 is 11.6 Å². The molecule has 2 rings (SSSR count). The largest absolute Gasteiger partial charge is 0.480 e. The van der Waals surface area contributed by atoms with Gasteiger partial charge < -0.3 is 15.8 Å². The van der Waals surface area contributed by atoms with Gasteiger partial charge in [-0.2, -0.15) is 0 Å². The third-order valence-electron chi connectivity index (χ3n) is 3.53. The molecular formula is C18H21ClN2O2. The van der Waals surface area contributed by atoms with Crippen LogP contribution < -0.4 is 15.8 Å². The second-order valence-corrected chi connectivity index (χ2v) is 5.92. The Labute approximate surface area is 141 Å². The fraction of sp³-hybridized carbons (Fsp3) is 0.278. The first kappa shape index (κ1) is 17.2. The Bertz CT molecular complexity index is 716. The summed E-state index contributed by atoms with van der Waals surface area (Å²) in [5.74, 6) is 0.502. The van der Waals surface area contributed by atoms with Crippen LogP contribution in [0.2, 0.25) is 5.02 Å². The van der Waals surface area contributed by atoms with Crippen molar-refractivity contribution in [3.8, 4) is 5.75 Å². The molecule has 0 aliphatic rings. The van der Waals surface area contributed by atoms with E-state index in [2.05, 4.69) is 5.32 Å². The summed E-state index contributed by atoms with van der Waals surface area (Å²) in [7, 11) is 0. The zero-order valence-electron chi connectivity index (χ0n) is 13.5. The third-order valence-corrected chi connectivity index (χ3v) is 3.87. The Morgan fingerprint density at radius 1 is 1.26 bits per heavy atom. The van der Waals surface area contributed by atoms with Crippen molar-refractivity contribution in [2.45, 2.75) is 33.3 Å². The van der Waals surface area contributed by atoms with Crippen LogP contribution in [0.3, 0.4) is 0 Å². The molecule has 0 radical (unpaired) electrons. The molecule has 3 N–H and O–H groups in total. The predicted molar refractivity (Wildman–Crippen MR) is 95.1 cm³/mol. The number of aryl methyl sites for hydroxylation is 2. The van der Waals surface area contributed by atoms with Crippen molar-refractivity contribution in [2.75, 3.05) is 11.1 Å². The predicted octanol–water partition coefficient (Wildman–Crippen LogP) is 4.34. The number of rotatable bonds is 5. The van der Waals surface area contributed by atoms with Gasteiger partial charge in [-0.15, -0.1) is 0 Å². The quantitative estimate of drug-likeness (QED) is 0.801. The van der Waals surface area contributed by atoms with Crippen molar-refractivity contribution in [1.82, 2.24) is 0 Å². The molecule has 1 unspecified atom stereocenters. The Kier molecular flexibility index (Phi) is 5.50. The van der Waals surface area contributed by atoms with Crippen molar-refractivity contribution in [1.29, 1.82) is 0 Å². The van der Waals surface area contributed by atoms with Crippen molar-refractivity contribution in [3.63, 3.8) is 0 Å². The van der Waals surface area contributed by atoms with Gasteiger partial charge in [-0.25, -0.2) is 0 Å². The van der Waals surface area contributed by atoms with Crippen molar-refractivity contribution in [3.05, 3.63) is 52.5 Å². The van der Waals surface area contributed by atoms with Gasteiger partial charge in [0.05, 0.1) is 10.7 Å². The van der Waals surface area contributed by atoms with Crippen LogP contribution in [-0.2, 0) is 4.79 Å². The minimum Gasteiger partial charge on any atom is -0.480 e. The van der Waals surface area contributed by atoms with E-state index in [-0.39, 0.29) is 5.91 Å². The van der Waals surface area contributed by atoms with E-state index in [1.165, 1.54) is 0 Å². The van der Waals surface area contributed by atoms with Crippen LogP contribution in [0.5, 0.6) is 5.75 Å². The van der Waals surface area contributed by atoms with E-state index < -0.39 is 6.10 Å². The molecule has 0 aliphatic heterocycles. The Balaban J connectivity index is 2.10. The summed E-state index contributed by atoms with van der Waals surface area (Å²) in [6, 6.07) is 10.9. The first-order valence-electron chi connectivity index (χ1n) is 7.50. The van der Waals surface area contributed by atoms with E-state index in [1.54, 1.807) is 18.2 Å². The SMILES string of the molecule is CCC(Oc1ccc(C)cc1C)C(=O)Nc1ccc(Cl)c(N)c1. The molecule has 0 fully saturated rings. The lowest BCUT2D eigenvalue weighted by molar-refractivity contribution is -0.122. The van der Waals surface area contributed by atoms with Crippen LogP contribution in [0, 0.1) is 13.8 Å². The molecule has 0 aliphatic carbocycles. The van der Waals surface area contributed by atoms with E-state index in [4.69, 9.17) is 22.1 Å². The lowest BCUT2D eigenvalue weighted by Crippen LogP contribution is -2.32. The molecule has 122 valence electrons. The van der Waals surface area contributed by atoms with Gasteiger partial charge in [0.1, 0.15) is 5.75 Å². The second-order valence-electron chi connectivity index (χ2n) is 5.51. The van der Waals surface area contributed by atoms with Gasteiger partial charge in [-0.05, 0) is 50.1 Å². The summed E-state index contributed by atoms with van der Waals surface area (Å²) in [5.41, 5.74) is 8.93. The second kappa shape index (κ2) is 7.38. The highest BCUT2D eigenvalue weighted by atomic mass is 35.5. The topological polar surface area (TPSA) is 64.3 Å². The summed E-state index contributed by atoms with van der Waals surface area (Å²) in [4.78, 5) is 12.4. The molecule has 2 aromatic carbocycles. The van der Waals surface area contributed by atoms with Gasteiger partial charge >= 0.3 is 0 Å². The number of halogens is 1. The maximum atomic E-state index is 12.4. The highest BCUT2D eigenvalue weighted by Crippen LogP contribution is 2.24. The molecule has 5 heteroatoms. The molecule has 1 amide bonds. The number of anilines is 2. The highest BCUT2D eigenvalue weighted by Gasteiger charge is 2.19. The average molecular weight is 333 g/mol. The van der Waals surface area contributed by atoms with Crippen LogP contribution in [0.4, 0.5) is 11.4 Å². The van der Waals surface area contributed by atoms with Crippen molar-refractivity contribution in [2.24, 2.45) is 0 Å². The monoisotopic (exact) mass is 332 g/mol. The smallest absolute Gasteiger partial charge is 0.265 e. The average Bonchev–Trinajstić information content (AvgIpc) is 2.50. The first-order chi connectivity index (χ1) is 10.9. The van der Waals surface area contributed by atoms with E-state index >= 15 is 0 Å². The number of nitrogens with one attached hydrogen (secondary N) is 1. The van der Waals surface area contributed by atoms with Gasteiger partial charge in [0.2, 0.25) is 0 Å². The van der Waals surface area contributed by atoms with Crippen LogP contribution in [0.15, 0.2) is 36.4 Å². The van der Waals surface area contributed by atoms with Gasteiger partial charge in [-0.1, -0.05) is 36.2 Å². The summed E-state index contributed by atoms with van der Waals surface area (Å²) in [5, 5.41) is 3.27. The van der Waals surface area contributed by atoms with Crippen LogP contribution in [0.25, 0.3) is 0 Å². The lowest BCUT2D eigenvalue weighted by atomic mass is 10.1. The number of ether oxygens (including phenoxy) is 1. The molecule has 4 nitrogen and oxygen atoms in total. The fourth-order valence-electron chi connectivity index (χ4n) is 2.25. The maximum Gasteiger partial charge on any atom is 0.265 e. The number of carbonyl (C=O) groups is 1. The number of nitrogens with two attached hydrogens (primary N) is 1. The number of nitrogen functional groups attached to an aromatic ring is 1. The van der Waals surface area contributed by atoms with E-state index in [1.807, 2.05) is 39.0 Å². The van der Waals surface area contributed by atoms with Gasteiger partial charge in [0.15, 0.2) is 6.10 Å². The first-order valence-corrected chi connectivity index (χ1v) is 7.88. The van der Waals surface area contributed by atoms with Gasteiger partial charge in [-0.3, -0.25) is 4.79 Å². The molecule has 0 aromatic heterocycles. The zero-order valence-corrected chi connectivity index (χ0v) is 14.3. The highest BCUT2D eigenvalue weighted by molar-refractivity contribution is 6.33. The third kappa shape index (κ3) is 4.39. The van der Waals surface area contributed by atoms with Gasteiger partial charge in [0.25, 0.3) is 5.91 Å². The van der Waals surface area contributed by atoms with E-state index in [0.29, 0.717) is 28.6 Å². The summed E-state index contributed by atoms with van der Waals surface area (Å²) < 4.78 is 5.87. The van der Waals surface area contributed by atoms with E-state index in [0.717, 1.165) is 11.1 Å². The number of amides is 1. The zero-order chi connectivity index (χ0) is 17.0. The molecule has 23 heavy (non-hydrogen) atoms. The fourth-order valence-corrected chi connectivity index (χ4v) is 2.37. The van der Waals surface area contributed by atoms with E-state index in [9.17, 15) is 4.79 Å². The summed E-state index contributed by atoms with van der Waals surface area (Å²) >= 11 is 5.88. The van der Waals surface area contributed by atoms with Crippen LogP contribution in [-0.4, -0.2) is 12.0 Å². The molecule has 2 aromatic rings. The van der Waals surface area contributed by atoms with Crippen LogP contribution in [0.1, 0.15) is 24.5 Å². The Morgan fingerprint density at radius 2 is 2.00 bits per heavy atom. The number of carbonyl (C=O) groups excluding carboxylic acids is 1. The number of benzene rings is 2. The minimum absolute atomic E-state index is 0.214. The molecule has 0 saturated heterocycles. The normalized spacial score (nSPS) is 11.8. The summed E-state index contributed by atoms with van der Waals surface area (Å²) in [6.45, 7) is 5.89. The summed E-state index contributed by atoms with van der Waals surface area (Å²) in [6.07, 6.45) is -0.0179. The lowest BCUT2D eigenvalue weighted by Gasteiger charge is -2.19. The van der Waals surface area contributed by atoms with Crippen molar-refractivity contribution >= 4 is 28.9 Å². The minimum atomic E-state index is -0.576. The Morgan fingerprint density at radius 3 is 2.61 bits per heavy atom. The standard InChI is InChI=1S/C18H21ClN2O2/c1-4-16(23-17-8-5-11(2)9-12(17)3)18(22)21-13-6-7-14(19)15(20)10-13/h5-10,16H,4,20H2,1-3H3,(H,21,22). The molecule has 0 saturated carbocycles. The maximum absolute atomic E-state index is 12.4. The van der Waals surface area contributed by atoms with Gasteiger partial charge in [0, 0.05) is 5.69 Å². The molecular weight excluding hydrogens is 312 g/mol. The van der Waals surface area contributed by atoms with Crippen molar-refractivity contribution < 1.29 is 9.53 Å². The number of hydrogen-bond donors (Lipinski definition) is 2. The molecule has 0 bridgehead atoms.